The summed E-state index contributed by atoms with van der Waals surface area (Å²) in [6, 6.07) is 15.1. The molecule has 0 aliphatic carbocycles. The minimum absolute atomic E-state index is 0.500. The lowest BCUT2D eigenvalue weighted by Gasteiger charge is -1.96. The minimum Gasteiger partial charge on any atom is -0.265 e. The average Bonchev–Trinajstić information content (AvgIpc) is 3.11. The zero-order valence-corrected chi connectivity index (χ0v) is 12.8. The molecule has 0 fully saturated rings. The fourth-order valence-electron chi connectivity index (χ4n) is 2.02. The number of nitriles is 2. The summed E-state index contributed by atoms with van der Waals surface area (Å²) in [5.41, 5.74) is 3.75. The maximum absolute atomic E-state index is 9.41. The van der Waals surface area contributed by atoms with E-state index in [0.29, 0.717) is 16.1 Å². The van der Waals surface area contributed by atoms with Crippen molar-refractivity contribution in [3.05, 3.63) is 70.3 Å². The standard InChI is InChI=1S/C18H10N4S/c19-10-14-3-1-13(2-4-14)9-16(11-20)18-22-17(12-23-18)15-5-7-21-8-6-15/h1-9,12H/b16-9-. The topological polar surface area (TPSA) is 73.4 Å². The van der Waals surface area contributed by atoms with Gasteiger partial charge in [0.15, 0.2) is 0 Å². The second-order valence-electron chi connectivity index (χ2n) is 4.68. The second kappa shape index (κ2) is 6.65. The molecule has 3 rings (SSSR count). The molecule has 0 aliphatic rings. The lowest BCUT2D eigenvalue weighted by atomic mass is 10.1. The van der Waals surface area contributed by atoms with Gasteiger partial charge in [-0.25, -0.2) is 4.98 Å². The fourth-order valence-corrected chi connectivity index (χ4v) is 2.81. The highest BCUT2D eigenvalue weighted by atomic mass is 32.1. The Hall–Kier alpha value is -3.28. The summed E-state index contributed by atoms with van der Waals surface area (Å²) in [6.45, 7) is 0. The van der Waals surface area contributed by atoms with Gasteiger partial charge in [0, 0.05) is 23.3 Å². The van der Waals surface area contributed by atoms with Crippen LogP contribution in [0.2, 0.25) is 0 Å². The summed E-state index contributed by atoms with van der Waals surface area (Å²) < 4.78 is 0. The molecule has 0 amide bonds. The molecule has 3 aromatic rings. The van der Waals surface area contributed by atoms with Gasteiger partial charge >= 0.3 is 0 Å². The van der Waals surface area contributed by atoms with E-state index in [0.717, 1.165) is 16.8 Å². The number of hydrogen-bond donors (Lipinski definition) is 0. The monoisotopic (exact) mass is 314 g/mol. The Kier molecular flexibility index (Phi) is 4.24. The van der Waals surface area contributed by atoms with Crippen molar-refractivity contribution in [3.63, 3.8) is 0 Å². The summed E-state index contributed by atoms with van der Waals surface area (Å²) in [5.74, 6) is 0. The van der Waals surface area contributed by atoms with Gasteiger partial charge < -0.3 is 0 Å². The Morgan fingerprint density at radius 1 is 1.04 bits per heavy atom. The van der Waals surface area contributed by atoms with Gasteiger partial charge in [-0.15, -0.1) is 11.3 Å². The van der Waals surface area contributed by atoms with E-state index in [1.54, 1.807) is 30.6 Å². The van der Waals surface area contributed by atoms with Gasteiger partial charge in [0.2, 0.25) is 0 Å². The van der Waals surface area contributed by atoms with Crippen LogP contribution in [0.25, 0.3) is 22.9 Å². The number of thiazole rings is 1. The number of pyridine rings is 1. The third-order valence-electron chi connectivity index (χ3n) is 3.18. The molecule has 0 radical (unpaired) electrons. The molecule has 0 N–H and O–H groups in total. The van der Waals surface area contributed by atoms with E-state index in [4.69, 9.17) is 5.26 Å². The molecule has 0 aliphatic heterocycles. The van der Waals surface area contributed by atoms with Crippen LogP contribution in [0.4, 0.5) is 0 Å². The molecule has 2 aromatic heterocycles. The van der Waals surface area contributed by atoms with Crippen LogP contribution in [0, 0.1) is 22.7 Å². The molecule has 0 bridgehead atoms. The first kappa shape index (κ1) is 14.6. The van der Waals surface area contributed by atoms with Crippen LogP contribution in [0.5, 0.6) is 0 Å². The summed E-state index contributed by atoms with van der Waals surface area (Å²) in [5, 5.41) is 20.8. The maximum atomic E-state index is 9.41. The van der Waals surface area contributed by atoms with Crippen LogP contribution < -0.4 is 0 Å². The van der Waals surface area contributed by atoms with E-state index >= 15 is 0 Å². The predicted octanol–water partition coefficient (Wildman–Crippen LogP) is 4.14. The van der Waals surface area contributed by atoms with Gasteiger partial charge in [0.1, 0.15) is 11.1 Å². The number of hydrogen-bond acceptors (Lipinski definition) is 5. The molecule has 0 saturated carbocycles. The van der Waals surface area contributed by atoms with Gasteiger partial charge in [-0.05, 0) is 35.9 Å². The molecular formula is C18H10N4S. The van der Waals surface area contributed by atoms with E-state index in [1.165, 1.54) is 11.3 Å². The molecule has 108 valence electrons. The number of nitrogens with zero attached hydrogens (tertiary/aromatic N) is 4. The van der Waals surface area contributed by atoms with Gasteiger partial charge in [-0.1, -0.05) is 12.1 Å². The first-order valence-electron chi connectivity index (χ1n) is 6.78. The largest absolute Gasteiger partial charge is 0.265 e. The van der Waals surface area contributed by atoms with E-state index in [2.05, 4.69) is 22.1 Å². The molecule has 5 heteroatoms. The molecule has 0 spiro atoms. The second-order valence-corrected chi connectivity index (χ2v) is 5.54. The molecule has 4 nitrogen and oxygen atoms in total. The zero-order valence-electron chi connectivity index (χ0n) is 12.0. The molecule has 0 saturated heterocycles. The number of aromatic nitrogens is 2. The molecule has 0 unspecified atom stereocenters. The fraction of sp³-hybridized carbons (Fsp3) is 0. The number of benzene rings is 1. The van der Waals surface area contributed by atoms with Crippen LogP contribution in [0.1, 0.15) is 16.1 Å². The highest BCUT2D eigenvalue weighted by Crippen LogP contribution is 2.26. The SMILES string of the molecule is N#C/C(=C/c1ccc(C#N)cc1)c1nc(-c2ccncc2)cs1. The Morgan fingerprint density at radius 3 is 2.43 bits per heavy atom. The van der Waals surface area contributed by atoms with Gasteiger partial charge in [0.25, 0.3) is 0 Å². The van der Waals surface area contributed by atoms with Crippen molar-refractivity contribution in [2.24, 2.45) is 0 Å². The third kappa shape index (κ3) is 3.32. The Labute approximate surface area is 137 Å². The van der Waals surface area contributed by atoms with Crippen LogP contribution in [0.15, 0.2) is 54.2 Å². The Bertz CT molecular complexity index is 926. The summed E-state index contributed by atoms with van der Waals surface area (Å²) in [7, 11) is 0. The van der Waals surface area contributed by atoms with Gasteiger partial charge in [-0.3, -0.25) is 4.98 Å². The predicted molar refractivity (Wildman–Crippen MR) is 90.0 cm³/mol. The van der Waals surface area contributed by atoms with Crippen molar-refractivity contribution in [1.29, 1.82) is 10.5 Å². The van der Waals surface area contributed by atoms with E-state index < -0.39 is 0 Å². The van der Waals surface area contributed by atoms with Crippen molar-refractivity contribution >= 4 is 23.0 Å². The number of rotatable bonds is 3. The summed E-state index contributed by atoms with van der Waals surface area (Å²) in [4.78, 5) is 8.52. The van der Waals surface area contributed by atoms with Crippen LogP contribution in [-0.2, 0) is 0 Å². The summed E-state index contributed by atoms with van der Waals surface area (Å²) >= 11 is 1.43. The van der Waals surface area contributed by atoms with Crippen LogP contribution in [0.3, 0.4) is 0 Å². The van der Waals surface area contributed by atoms with Crippen molar-refractivity contribution in [2.75, 3.05) is 0 Å². The summed E-state index contributed by atoms with van der Waals surface area (Å²) in [6.07, 6.45) is 5.20. The van der Waals surface area contributed by atoms with Crippen LogP contribution >= 0.6 is 11.3 Å². The quantitative estimate of drug-likeness (QED) is 0.681. The smallest absolute Gasteiger partial charge is 0.134 e. The number of allylic oxidation sites excluding steroid dienone is 1. The van der Waals surface area contributed by atoms with Crippen molar-refractivity contribution in [3.8, 4) is 23.4 Å². The first-order chi connectivity index (χ1) is 11.3. The minimum atomic E-state index is 0.500. The lowest BCUT2D eigenvalue weighted by molar-refractivity contribution is 1.31. The molecule has 0 atom stereocenters. The maximum Gasteiger partial charge on any atom is 0.134 e. The normalized spacial score (nSPS) is 10.8. The van der Waals surface area contributed by atoms with E-state index in [9.17, 15) is 5.26 Å². The first-order valence-corrected chi connectivity index (χ1v) is 7.66. The van der Waals surface area contributed by atoms with Crippen molar-refractivity contribution in [2.45, 2.75) is 0 Å². The third-order valence-corrected chi connectivity index (χ3v) is 4.06. The van der Waals surface area contributed by atoms with Crippen molar-refractivity contribution < 1.29 is 0 Å². The lowest BCUT2D eigenvalue weighted by Crippen LogP contribution is -1.83. The molecule has 23 heavy (non-hydrogen) atoms. The Morgan fingerprint density at radius 2 is 1.78 bits per heavy atom. The molecule has 2 heterocycles. The average molecular weight is 314 g/mol. The highest BCUT2D eigenvalue weighted by Gasteiger charge is 2.09. The van der Waals surface area contributed by atoms with Crippen LogP contribution in [-0.4, -0.2) is 9.97 Å². The highest BCUT2D eigenvalue weighted by molar-refractivity contribution is 7.11. The van der Waals surface area contributed by atoms with Gasteiger partial charge in [0.05, 0.1) is 22.9 Å². The Balaban J connectivity index is 1.92. The molecule has 1 aromatic carbocycles. The van der Waals surface area contributed by atoms with Gasteiger partial charge in [-0.2, -0.15) is 10.5 Å². The zero-order chi connectivity index (χ0) is 16.1. The van der Waals surface area contributed by atoms with E-state index in [-0.39, 0.29) is 0 Å². The van der Waals surface area contributed by atoms with E-state index in [1.807, 2.05) is 29.6 Å². The molecular weight excluding hydrogens is 304 g/mol. The van der Waals surface area contributed by atoms with Crippen molar-refractivity contribution in [1.82, 2.24) is 9.97 Å².